The standard InChI is InChI=1S/C16H21NO2/c1-13(16(18)19-2)7-10-17-11-8-14-5-3-4-6-15(14)9-12-17/h3-7H,8-12H2,1-2H3. The molecular formula is C16H21NO2. The highest BCUT2D eigenvalue weighted by molar-refractivity contribution is 5.87. The van der Waals surface area contributed by atoms with Gasteiger partial charge in [0.25, 0.3) is 0 Å². The zero-order valence-corrected chi connectivity index (χ0v) is 11.7. The highest BCUT2D eigenvalue weighted by Gasteiger charge is 2.12. The van der Waals surface area contributed by atoms with Crippen molar-refractivity contribution >= 4 is 5.97 Å². The second-order valence-corrected chi connectivity index (χ2v) is 4.95. The summed E-state index contributed by atoms with van der Waals surface area (Å²) >= 11 is 0. The first-order chi connectivity index (χ1) is 9.20. The number of hydrogen-bond donors (Lipinski definition) is 0. The molecule has 0 aliphatic carbocycles. The van der Waals surface area contributed by atoms with Gasteiger partial charge in [-0.1, -0.05) is 30.3 Å². The van der Waals surface area contributed by atoms with Crippen molar-refractivity contribution in [2.24, 2.45) is 0 Å². The minimum atomic E-state index is -0.238. The number of rotatable bonds is 3. The molecule has 0 N–H and O–H groups in total. The Morgan fingerprint density at radius 2 is 1.84 bits per heavy atom. The van der Waals surface area contributed by atoms with Crippen LogP contribution in [0.2, 0.25) is 0 Å². The maximum Gasteiger partial charge on any atom is 0.333 e. The van der Waals surface area contributed by atoms with Gasteiger partial charge < -0.3 is 4.74 Å². The first-order valence-corrected chi connectivity index (χ1v) is 6.75. The lowest BCUT2D eigenvalue weighted by Crippen LogP contribution is -2.27. The van der Waals surface area contributed by atoms with Gasteiger partial charge in [0, 0.05) is 25.2 Å². The fourth-order valence-electron chi connectivity index (χ4n) is 2.41. The van der Waals surface area contributed by atoms with Crippen LogP contribution in [0.15, 0.2) is 35.9 Å². The Morgan fingerprint density at radius 1 is 1.26 bits per heavy atom. The highest BCUT2D eigenvalue weighted by Crippen LogP contribution is 2.15. The predicted molar refractivity (Wildman–Crippen MR) is 76.1 cm³/mol. The average Bonchev–Trinajstić information content (AvgIpc) is 2.66. The SMILES string of the molecule is COC(=O)C(C)=CCN1CCc2ccccc2CC1. The van der Waals surface area contributed by atoms with Crippen LogP contribution in [-0.4, -0.2) is 37.6 Å². The van der Waals surface area contributed by atoms with Crippen LogP contribution in [0.4, 0.5) is 0 Å². The van der Waals surface area contributed by atoms with Gasteiger partial charge in [0.15, 0.2) is 0 Å². The number of carbonyl (C=O) groups excluding carboxylic acids is 1. The first-order valence-electron chi connectivity index (χ1n) is 6.75. The number of hydrogen-bond acceptors (Lipinski definition) is 3. The normalized spacial score (nSPS) is 16.6. The van der Waals surface area contributed by atoms with Crippen LogP contribution in [-0.2, 0) is 22.4 Å². The second kappa shape index (κ2) is 6.53. The van der Waals surface area contributed by atoms with E-state index in [1.54, 1.807) is 6.92 Å². The Kier molecular flexibility index (Phi) is 4.74. The summed E-state index contributed by atoms with van der Waals surface area (Å²) in [5.74, 6) is -0.238. The van der Waals surface area contributed by atoms with E-state index < -0.39 is 0 Å². The molecule has 3 heteroatoms. The van der Waals surface area contributed by atoms with Crippen LogP contribution in [0, 0.1) is 0 Å². The summed E-state index contributed by atoms with van der Waals surface area (Å²) in [4.78, 5) is 13.7. The fourth-order valence-corrected chi connectivity index (χ4v) is 2.41. The molecule has 0 fully saturated rings. The molecular weight excluding hydrogens is 238 g/mol. The molecule has 0 spiro atoms. The lowest BCUT2D eigenvalue weighted by molar-refractivity contribution is -0.136. The topological polar surface area (TPSA) is 29.5 Å². The third-order valence-corrected chi connectivity index (χ3v) is 3.68. The summed E-state index contributed by atoms with van der Waals surface area (Å²) in [6.45, 7) is 4.71. The van der Waals surface area contributed by atoms with Crippen molar-refractivity contribution in [2.75, 3.05) is 26.7 Å². The van der Waals surface area contributed by atoms with Gasteiger partial charge in [-0.05, 0) is 30.9 Å². The van der Waals surface area contributed by atoms with Crippen LogP contribution in [0.5, 0.6) is 0 Å². The fraction of sp³-hybridized carbons (Fsp3) is 0.438. The van der Waals surface area contributed by atoms with E-state index in [4.69, 9.17) is 4.74 Å². The van der Waals surface area contributed by atoms with Gasteiger partial charge in [0.1, 0.15) is 0 Å². The van der Waals surface area contributed by atoms with Gasteiger partial charge in [-0.15, -0.1) is 0 Å². The molecule has 0 bridgehead atoms. The zero-order chi connectivity index (χ0) is 13.7. The maximum atomic E-state index is 11.3. The van der Waals surface area contributed by atoms with E-state index in [9.17, 15) is 4.79 Å². The average molecular weight is 259 g/mol. The molecule has 1 heterocycles. The van der Waals surface area contributed by atoms with E-state index in [1.165, 1.54) is 18.2 Å². The van der Waals surface area contributed by atoms with Crippen molar-refractivity contribution in [2.45, 2.75) is 19.8 Å². The Bertz CT molecular complexity index is 452. The summed E-state index contributed by atoms with van der Waals surface area (Å²) in [5.41, 5.74) is 3.60. The number of methoxy groups -OCH3 is 1. The van der Waals surface area contributed by atoms with Gasteiger partial charge in [-0.2, -0.15) is 0 Å². The molecule has 1 aliphatic heterocycles. The number of ether oxygens (including phenoxy) is 1. The molecule has 0 atom stereocenters. The van der Waals surface area contributed by atoms with Gasteiger partial charge in [-0.25, -0.2) is 4.79 Å². The van der Waals surface area contributed by atoms with Crippen molar-refractivity contribution in [3.05, 3.63) is 47.0 Å². The van der Waals surface area contributed by atoms with Crippen LogP contribution in [0.25, 0.3) is 0 Å². The number of esters is 1. The molecule has 0 aromatic heterocycles. The molecule has 3 nitrogen and oxygen atoms in total. The Balaban J connectivity index is 1.94. The van der Waals surface area contributed by atoms with Crippen LogP contribution >= 0.6 is 0 Å². The third kappa shape index (κ3) is 3.67. The van der Waals surface area contributed by atoms with Gasteiger partial charge in [-0.3, -0.25) is 4.90 Å². The lowest BCUT2D eigenvalue weighted by atomic mass is 10.0. The quantitative estimate of drug-likeness (QED) is 0.615. The Morgan fingerprint density at radius 3 is 2.37 bits per heavy atom. The van der Waals surface area contributed by atoms with Crippen molar-refractivity contribution < 1.29 is 9.53 Å². The molecule has 19 heavy (non-hydrogen) atoms. The predicted octanol–water partition coefficient (Wildman–Crippen LogP) is 2.21. The number of benzene rings is 1. The van der Waals surface area contributed by atoms with E-state index in [-0.39, 0.29) is 5.97 Å². The minimum Gasteiger partial charge on any atom is -0.466 e. The summed E-state index contributed by atoms with van der Waals surface area (Å²) in [6.07, 6.45) is 4.13. The first kappa shape index (κ1) is 13.8. The smallest absolute Gasteiger partial charge is 0.333 e. The van der Waals surface area contributed by atoms with Gasteiger partial charge in [0.05, 0.1) is 7.11 Å². The Hall–Kier alpha value is -1.61. The lowest BCUT2D eigenvalue weighted by Gasteiger charge is -2.17. The highest BCUT2D eigenvalue weighted by atomic mass is 16.5. The molecule has 0 saturated heterocycles. The molecule has 0 amide bonds. The Labute approximate surface area is 114 Å². The largest absolute Gasteiger partial charge is 0.466 e. The summed E-state index contributed by atoms with van der Waals surface area (Å²) in [5, 5.41) is 0. The number of nitrogens with zero attached hydrogens (tertiary/aromatic N) is 1. The van der Waals surface area contributed by atoms with Crippen LogP contribution < -0.4 is 0 Å². The monoisotopic (exact) mass is 259 g/mol. The summed E-state index contributed by atoms with van der Waals surface area (Å²) in [7, 11) is 1.42. The number of fused-ring (bicyclic) bond motifs is 1. The molecule has 0 saturated carbocycles. The molecule has 1 aromatic rings. The zero-order valence-electron chi connectivity index (χ0n) is 11.7. The van der Waals surface area contributed by atoms with Gasteiger partial charge in [0.2, 0.25) is 0 Å². The molecule has 0 radical (unpaired) electrons. The minimum absolute atomic E-state index is 0.238. The third-order valence-electron chi connectivity index (χ3n) is 3.68. The summed E-state index contributed by atoms with van der Waals surface area (Å²) < 4.78 is 4.70. The summed E-state index contributed by atoms with van der Waals surface area (Å²) in [6, 6.07) is 8.65. The van der Waals surface area contributed by atoms with E-state index >= 15 is 0 Å². The maximum absolute atomic E-state index is 11.3. The van der Waals surface area contributed by atoms with Crippen molar-refractivity contribution in [1.29, 1.82) is 0 Å². The second-order valence-electron chi connectivity index (χ2n) is 4.95. The van der Waals surface area contributed by atoms with E-state index in [1.807, 2.05) is 6.08 Å². The van der Waals surface area contributed by atoms with Crippen molar-refractivity contribution in [1.82, 2.24) is 4.90 Å². The van der Waals surface area contributed by atoms with Crippen LogP contribution in [0.3, 0.4) is 0 Å². The molecule has 0 unspecified atom stereocenters. The van der Waals surface area contributed by atoms with E-state index in [2.05, 4.69) is 29.2 Å². The van der Waals surface area contributed by atoms with E-state index in [0.29, 0.717) is 5.57 Å². The van der Waals surface area contributed by atoms with Crippen molar-refractivity contribution in [3.63, 3.8) is 0 Å². The molecule has 1 aromatic carbocycles. The number of carbonyl (C=O) groups is 1. The van der Waals surface area contributed by atoms with E-state index in [0.717, 1.165) is 32.5 Å². The van der Waals surface area contributed by atoms with Gasteiger partial charge >= 0.3 is 5.97 Å². The van der Waals surface area contributed by atoms with Crippen molar-refractivity contribution in [3.8, 4) is 0 Å². The van der Waals surface area contributed by atoms with Crippen LogP contribution in [0.1, 0.15) is 18.1 Å². The molecule has 102 valence electrons. The molecule has 1 aliphatic rings. The molecule has 2 rings (SSSR count).